The number of hydrogen-bond acceptors (Lipinski definition) is 1. The number of nitrogens with zero attached hydrogens (tertiary/aromatic N) is 1. The van der Waals surface area contributed by atoms with Gasteiger partial charge in [0.2, 0.25) is 0 Å². The molecule has 9 rings (SSSR count). The monoisotopic (exact) mass is 591 g/mol. The topological polar surface area (TPSA) is 14.2 Å². The van der Waals surface area contributed by atoms with Crippen LogP contribution < -0.4 is 4.74 Å². The van der Waals surface area contributed by atoms with Crippen molar-refractivity contribution >= 4 is 21.8 Å². The lowest BCUT2D eigenvalue weighted by Crippen LogP contribution is -2.34. The van der Waals surface area contributed by atoms with Gasteiger partial charge in [-0.2, -0.15) is 0 Å². The van der Waals surface area contributed by atoms with E-state index in [-0.39, 0.29) is 11.1 Å². The summed E-state index contributed by atoms with van der Waals surface area (Å²) < 4.78 is 154. The summed E-state index contributed by atoms with van der Waals surface area (Å²) in [6, 6.07) is 10.3. The summed E-state index contributed by atoms with van der Waals surface area (Å²) >= 11 is 0. The van der Waals surface area contributed by atoms with E-state index in [9.17, 15) is 9.60 Å². The van der Waals surface area contributed by atoms with E-state index in [0.29, 0.717) is 16.3 Å². The van der Waals surface area contributed by atoms with E-state index in [2.05, 4.69) is 0 Å². The Morgan fingerprint density at radius 1 is 0.533 bits per heavy atom. The van der Waals surface area contributed by atoms with Gasteiger partial charge in [-0.3, -0.25) is 0 Å². The van der Waals surface area contributed by atoms with E-state index in [1.54, 1.807) is 12.1 Å². The van der Waals surface area contributed by atoms with E-state index in [4.69, 9.17) is 17.1 Å². The number of benzene rings is 7. The van der Waals surface area contributed by atoms with Gasteiger partial charge in [0, 0.05) is 27.6 Å². The summed E-state index contributed by atoms with van der Waals surface area (Å²) in [5.74, 6) is -1.33. The Kier molecular flexibility index (Phi) is 3.21. The average molecular weight is 592 g/mol. The SMILES string of the molecule is [2H]c1cc(C2(c3c([2H])c([2H])c([2H])c([2H])c3[2H])c3c([2H])c([2H])c([2H])c([2H])c3Oc3c([2H])c([2H])c(-c4cccc5c4c4ccccc4n5-c4ccccc4)c([2H])c32)c([2H])c([2H])c1[2H]. The first-order valence-electron chi connectivity index (χ1n) is 22.1. The van der Waals surface area contributed by atoms with Crippen molar-refractivity contribution in [3.05, 3.63) is 198 Å². The van der Waals surface area contributed by atoms with Crippen LogP contribution in [0.4, 0.5) is 0 Å². The van der Waals surface area contributed by atoms with Crippen LogP contribution in [0.25, 0.3) is 38.6 Å². The molecule has 2 heterocycles. The predicted molar refractivity (Wildman–Crippen MR) is 185 cm³/mol. The standard InChI is InChI=1S/C43H29NO/c1-4-15-31(16-5-1)43(32-17-6-2-7-18-32)36-23-11-13-26-40(36)45-41-28-27-30(29-37(41)43)34-22-14-25-39-42(34)35-21-10-12-24-38(35)44(39)33-19-8-3-9-20-33/h1-29H/i1D,2D,4D,5D,6D,7D,11D,13D,15D,16D,17D,23D,26D,27D,28D,29D. The van der Waals surface area contributed by atoms with Crippen molar-refractivity contribution in [2.24, 2.45) is 0 Å². The van der Waals surface area contributed by atoms with Crippen LogP contribution in [0.1, 0.15) is 44.2 Å². The molecule has 8 aromatic rings. The van der Waals surface area contributed by atoms with Crippen LogP contribution in [0.15, 0.2) is 176 Å². The smallest absolute Gasteiger partial charge is 0.132 e. The number of hydrogen-bond donors (Lipinski definition) is 0. The Labute approximate surface area is 284 Å². The van der Waals surface area contributed by atoms with Crippen molar-refractivity contribution < 1.29 is 26.7 Å². The lowest BCUT2D eigenvalue weighted by atomic mass is 9.63. The van der Waals surface area contributed by atoms with Crippen LogP contribution >= 0.6 is 0 Å². The van der Waals surface area contributed by atoms with Crippen LogP contribution in [0.2, 0.25) is 0 Å². The Balaban J connectivity index is 1.58. The van der Waals surface area contributed by atoms with E-state index < -0.39 is 136 Å². The summed E-state index contributed by atoms with van der Waals surface area (Å²) in [6.45, 7) is 0. The first kappa shape index (κ1) is 14.3. The summed E-state index contributed by atoms with van der Waals surface area (Å²) in [5, 5.41) is 1.25. The van der Waals surface area contributed by atoms with E-state index >= 15 is 0 Å². The number of aromatic nitrogens is 1. The third-order valence-electron chi connectivity index (χ3n) is 8.19. The summed E-state index contributed by atoms with van der Waals surface area (Å²) in [4.78, 5) is 0. The molecule has 1 aliphatic heterocycles. The average Bonchev–Trinajstić information content (AvgIpc) is 3.60. The van der Waals surface area contributed by atoms with Gasteiger partial charge in [-0.15, -0.1) is 0 Å². The predicted octanol–water partition coefficient (Wildman–Crippen LogP) is 10.9. The zero-order valence-corrected chi connectivity index (χ0v) is 23.4. The third-order valence-corrected chi connectivity index (χ3v) is 8.19. The van der Waals surface area contributed by atoms with Gasteiger partial charge in [-0.05, 0) is 64.6 Å². The highest BCUT2D eigenvalue weighted by Gasteiger charge is 2.45. The molecule has 1 aromatic heterocycles. The minimum absolute atomic E-state index is 0.198. The van der Waals surface area contributed by atoms with Crippen molar-refractivity contribution in [3.63, 3.8) is 0 Å². The molecule has 2 heteroatoms. The third kappa shape index (κ3) is 3.76. The minimum atomic E-state index is -2.82. The summed E-state index contributed by atoms with van der Waals surface area (Å²) in [7, 11) is 0. The molecule has 212 valence electrons. The molecule has 0 aliphatic carbocycles. The summed E-state index contributed by atoms with van der Waals surface area (Å²) in [6.07, 6.45) is 0. The molecule has 0 N–H and O–H groups in total. The first-order chi connectivity index (χ1) is 29.0. The second-order valence-corrected chi connectivity index (χ2v) is 10.5. The van der Waals surface area contributed by atoms with Crippen molar-refractivity contribution in [1.82, 2.24) is 4.57 Å². The van der Waals surface area contributed by atoms with Crippen molar-refractivity contribution in [3.8, 4) is 28.3 Å². The number of fused-ring (bicyclic) bond motifs is 5. The molecule has 0 radical (unpaired) electrons. The van der Waals surface area contributed by atoms with Gasteiger partial charge in [-0.25, -0.2) is 0 Å². The highest BCUT2D eigenvalue weighted by Crippen LogP contribution is 2.56. The van der Waals surface area contributed by atoms with Crippen LogP contribution in [0.3, 0.4) is 0 Å². The molecule has 1 unspecified atom stereocenters. The van der Waals surface area contributed by atoms with Crippen molar-refractivity contribution in [2.75, 3.05) is 0 Å². The van der Waals surface area contributed by atoms with Gasteiger partial charge >= 0.3 is 0 Å². The molecule has 45 heavy (non-hydrogen) atoms. The van der Waals surface area contributed by atoms with E-state index in [0.717, 1.165) is 17.3 Å². The maximum absolute atomic E-state index is 10.3. The summed E-state index contributed by atoms with van der Waals surface area (Å²) in [5.41, 5.74) is -2.97. The fourth-order valence-corrected chi connectivity index (χ4v) is 6.39. The highest BCUT2D eigenvalue weighted by molar-refractivity contribution is 6.15. The molecule has 1 atom stereocenters. The van der Waals surface area contributed by atoms with Gasteiger partial charge in [0.15, 0.2) is 0 Å². The van der Waals surface area contributed by atoms with Gasteiger partial charge in [0.05, 0.1) is 38.4 Å². The molecular formula is C43H29NO. The van der Waals surface area contributed by atoms with Crippen molar-refractivity contribution in [2.45, 2.75) is 5.41 Å². The Morgan fingerprint density at radius 3 is 2.13 bits per heavy atom. The molecule has 0 spiro atoms. The number of ether oxygens (including phenoxy) is 1. The molecule has 0 amide bonds. The molecule has 1 aliphatic rings. The number of rotatable bonds is 4. The first-order valence-corrected chi connectivity index (χ1v) is 14.1. The number of para-hydroxylation sites is 3. The Bertz CT molecular complexity index is 3200. The molecule has 0 saturated heterocycles. The Morgan fingerprint density at radius 2 is 1.24 bits per heavy atom. The lowest BCUT2D eigenvalue weighted by molar-refractivity contribution is 0.434. The maximum Gasteiger partial charge on any atom is 0.132 e. The van der Waals surface area contributed by atoms with Crippen LogP contribution in [0, 0.1) is 0 Å². The largest absolute Gasteiger partial charge is 0.457 e. The molecule has 0 bridgehead atoms. The van der Waals surface area contributed by atoms with Crippen LogP contribution in [-0.2, 0) is 5.41 Å². The molecule has 2 nitrogen and oxygen atoms in total. The van der Waals surface area contributed by atoms with Gasteiger partial charge in [0.25, 0.3) is 0 Å². The van der Waals surface area contributed by atoms with Gasteiger partial charge < -0.3 is 9.30 Å². The van der Waals surface area contributed by atoms with E-state index in [1.165, 1.54) is 0 Å². The molecule has 0 saturated carbocycles. The Hall–Kier alpha value is -5.86. The highest BCUT2D eigenvalue weighted by atomic mass is 16.5. The molecule has 0 fully saturated rings. The lowest BCUT2D eigenvalue weighted by Gasteiger charge is -2.41. The normalized spacial score (nSPS) is 20.4. The van der Waals surface area contributed by atoms with Crippen LogP contribution in [0.5, 0.6) is 11.5 Å². The molecular weight excluding hydrogens is 546 g/mol. The second-order valence-electron chi connectivity index (χ2n) is 10.5. The zero-order valence-electron chi connectivity index (χ0n) is 39.4. The fraction of sp³-hybridized carbons (Fsp3) is 0.0233. The zero-order chi connectivity index (χ0) is 43.7. The van der Waals surface area contributed by atoms with Gasteiger partial charge in [0.1, 0.15) is 11.5 Å². The quantitative estimate of drug-likeness (QED) is 0.199. The minimum Gasteiger partial charge on any atom is -0.457 e. The van der Waals surface area contributed by atoms with Crippen LogP contribution in [-0.4, -0.2) is 4.57 Å². The van der Waals surface area contributed by atoms with Crippen molar-refractivity contribution in [1.29, 1.82) is 0 Å². The maximum atomic E-state index is 10.3. The fourth-order valence-electron chi connectivity index (χ4n) is 6.39. The van der Waals surface area contributed by atoms with E-state index in [1.807, 2.05) is 65.2 Å². The van der Waals surface area contributed by atoms with Gasteiger partial charge in [-0.1, -0.05) is 133 Å². The molecule has 7 aromatic carbocycles. The second kappa shape index (κ2) is 10.1.